The third-order valence-corrected chi connectivity index (χ3v) is 5.25. The van der Waals surface area contributed by atoms with Crippen molar-refractivity contribution in [2.24, 2.45) is 5.92 Å². The van der Waals surface area contributed by atoms with Gasteiger partial charge < -0.3 is 14.8 Å². The molecule has 0 saturated heterocycles. The maximum Gasteiger partial charge on any atom is 0.256 e. The van der Waals surface area contributed by atoms with Crippen LogP contribution in [0.25, 0.3) is 0 Å². The monoisotopic (exact) mass is 347 g/mol. The summed E-state index contributed by atoms with van der Waals surface area (Å²) in [6, 6.07) is 5.82. The summed E-state index contributed by atoms with van der Waals surface area (Å²) in [6.07, 6.45) is 4.81. The van der Waals surface area contributed by atoms with Gasteiger partial charge in [0, 0.05) is 12.3 Å². The zero-order valence-electron chi connectivity index (χ0n) is 16.4. The molecule has 1 aliphatic rings. The van der Waals surface area contributed by atoms with E-state index in [4.69, 9.17) is 9.47 Å². The molecule has 1 amide bonds. The van der Waals surface area contributed by atoms with Gasteiger partial charge in [0.1, 0.15) is 11.4 Å². The molecular formula is C21H33NO3. The van der Waals surface area contributed by atoms with E-state index in [2.05, 4.69) is 26.1 Å². The van der Waals surface area contributed by atoms with Gasteiger partial charge in [0.25, 0.3) is 5.91 Å². The Morgan fingerprint density at radius 2 is 2.00 bits per heavy atom. The molecule has 1 aromatic rings. The minimum atomic E-state index is -0.680. The van der Waals surface area contributed by atoms with E-state index in [1.165, 1.54) is 0 Å². The summed E-state index contributed by atoms with van der Waals surface area (Å²) in [5, 5.41) is 3.07. The van der Waals surface area contributed by atoms with Crippen molar-refractivity contribution in [3.63, 3.8) is 0 Å². The first-order chi connectivity index (χ1) is 11.9. The number of carbonyl (C=O) groups excluding carboxylic acids is 1. The fraction of sp³-hybridized carbons (Fsp3) is 0.667. The number of nitrogens with one attached hydrogen (secondary N) is 1. The van der Waals surface area contributed by atoms with Crippen LogP contribution in [0.15, 0.2) is 18.2 Å². The quantitative estimate of drug-likeness (QED) is 0.747. The van der Waals surface area contributed by atoms with Gasteiger partial charge in [-0.25, -0.2) is 0 Å². The van der Waals surface area contributed by atoms with E-state index in [1.54, 1.807) is 0 Å². The molecule has 1 aliphatic carbocycles. The predicted octanol–water partition coefficient (Wildman–Crippen LogP) is 5.10. The third-order valence-electron chi connectivity index (χ3n) is 5.25. The van der Waals surface area contributed by atoms with E-state index >= 15 is 0 Å². The molecule has 0 aliphatic heterocycles. The predicted molar refractivity (Wildman–Crippen MR) is 102 cm³/mol. The zero-order chi connectivity index (χ0) is 18.4. The van der Waals surface area contributed by atoms with E-state index in [0.717, 1.165) is 49.1 Å². The van der Waals surface area contributed by atoms with Crippen LogP contribution in [0.4, 0.5) is 5.69 Å². The second-order valence-corrected chi connectivity index (χ2v) is 7.38. The smallest absolute Gasteiger partial charge is 0.256 e. The maximum absolute atomic E-state index is 12.9. The molecule has 4 heteroatoms. The number of hydrogen-bond acceptors (Lipinski definition) is 3. The summed E-state index contributed by atoms with van der Waals surface area (Å²) in [5.41, 5.74) is 1.15. The number of hydrogen-bond donors (Lipinski definition) is 1. The summed E-state index contributed by atoms with van der Waals surface area (Å²) in [5.74, 6) is 1.52. The van der Waals surface area contributed by atoms with Gasteiger partial charge in [-0.3, -0.25) is 4.79 Å². The van der Waals surface area contributed by atoms with Crippen molar-refractivity contribution in [2.45, 2.75) is 78.4 Å². The van der Waals surface area contributed by atoms with Crippen LogP contribution in [0.5, 0.6) is 5.75 Å². The van der Waals surface area contributed by atoms with Crippen molar-refractivity contribution in [1.82, 2.24) is 0 Å². The fourth-order valence-electron chi connectivity index (χ4n) is 3.35. The number of aryl methyl sites for hydroxylation is 1. The normalized spacial score (nSPS) is 24.6. The molecule has 0 heterocycles. The summed E-state index contributed by atoms with van der Waals surface area (Å²) in [4.78, 5) is 12.9. The summed E-state index contributed by atoms with van der Waals surface area (Å²) < 4.78 is 11.8. The fourth-order valence-corrected chi connectivity index (χ4v) is 3.35. The first kappa shape index (κ1) is 19.8. The van der Waals surface area contributed by atoms with Crippen molar-refractivity contribution in [1.29, 1.82) is 0 Å². The molecular weight excluding hydrogens is 314 g/mol. The summed E-state index contributed by atoms with van der Waals surface area (Å²) in [7, 11) is 0. The number of ether oxygens (including phenoxy) is 2. The molecule has 2 rings (SSSR count). The lowest BCUT2D eigenvalue weighted by Crippen LogP contribution is -2.48. The Morgan fingerprint density at radius 1 is 1.32 bits per heavy atom. The van der Waals surface area contributed by atoms with Crippen molar-refractivity contribution in [3.05, 3.63) is 23.8 Å². The topological polar surface area (TPSA) is 47.6 Å². The molecule has 1 fully saturated rings. The molecule has 4 nitrogen and oxygen atoms in total. The molecule has 0 spiro atoms. The standard InChI is InChI=1S/C21H33NO3/c1-6-17(5)25-19-9-8-18(14-16(19)4)22-20(23)21(24-7-2)12-10-15(3)11-13-21/h8-9,14-15,17H,6-7,10-13H2,1-5H3,(H,22,23). The van der Waals surface area contributed by atoms with Gasteiger partial charge in [-0.05, 0) is 82.6 Å². The molecule has 140 valence electrons. The van der Waals surface area contributed by atoms with Crippen LogP contribution in [0.3, 0.4) is 0 Å². The zero-order valence-corrected chi connectivity index (χ0v) is 16.4. The number of anilines is 1. The average molecular weight is 347 g/mol. The summed E-state index contributed by atoms with van der Waals surface area (Å²) in [6.45, 7) is 10.9. The highest BCUT2D eigenvalue weighted by Crippen LogP contribution is 2.36. The Kier molecular flexibility index (Phi) is 6.88. The van der Waals surface area contributed by atoms with E-state index in [9.17, 15) is 4.79 Å². The van der Waals surface area contributed by atoms with E-state index < -0.39 is 5.60 Å². The number of amides is 1. The molecule has 1 atom stereocenters. The Hall–Kier alpha value is -1.55. The maximum atomic E-state index is 12.9. The van der Waals surface area contributed by atoms with Crippen LogP contribution in [-0.4, -0.2) is 24.2 Å². The lowest BCUT2D eigenvalue weighted by Gasteiger charge is -2.37. The summed E-state index contributed by atoms with van der Waals surface area (Å²) >= 11 is 0. The molecule has 0 aromatic heterocycles. The van der Waals surface area contributed by atoms with E-state index in [0.29, 0.717) is 12.5 Å². The van der Waals surface area contributed by atoms with Gasteiger partial charge in [0.05, 0.1) is 6.10 Å². The number of benzene rings is 1. The SMILES string of the molecule is CCOC1(C(=O)Nc2ccc(OC(C)CC)c(C)c2)CCC(C)CC1. The largest absolute Gasteiger partial charge is 0.490 e. The van der Waals surface area contributed by atoms with E-state index in [1.807, 2.05) is 32.0 Å². The molecule has 0 radical (unpaired) electrons. The average Bonchev–Trinajstić information content (AvgIpc) is 2.59. The highest BCUT2D eigenvalue weighted by atomic mass is 16.5. The molecule has 1 aromatic carbocycles. The van der Waals surface area contributed by atoms with Gasteiger partial charge >= 0.3 is 0 Å². The van der Waals surface area contributed by atoms with Gasteiger partial charge in [0.2, 0.25) is 0 Å². The minimum Gasteiger partial charge on any atom is -0.490 e. The number of carbonyl (C=O) groups is 1. The molecule has 0 bridgehead atoms. The molecule has 25 heavy (non-hydrogen) atoms. The molecule has 1 unspecified atom stereocenters. The van der Waals surface area contributed by atoms with Crippen LogP contribution in [0.2, 0.25) is 0 Å². The van der Waals surface area contributed by atoms with Crippen molar-refractivity contribution in [2.75, 3.05) is 11.9 Å². The molecule has 1 saturated carbocycles. The minimum absolute atomic E-state index is 0.0174. The van der Waals surface area contributed by atoms with Crippen molar-refractivity contribution >= 4 is 11.6 Å². The van der Waals surface area contributed by atoms with Gasteiger partial charge in [-0.15, -0.1) is 0 Å². The molecule has 1 N–H and O–H groups in total. The van der Waals surface area contributed by atoms with Crippen molar-refractivity contribution < 1.29 is 14.3 Å². The highest BCUT2D eigenvalue weighted by molar-refractivity contribution is 5.97. The Labute approximate surface area is 152 Å². The first-order valence-electron chi connectivity index (χ1n) is 9.63. The van der Waals surface area contributed by atoms with Gasteiger partial charge in [-0.2, -0.15) is 0 Å². The second-order valence-electron chi connectivity index (χ2n) is 7.38. The van der Waals surface area contributed by atoms with Crippen LogP contribution < -0.4 is 10.1 Å². The lowest BCUT2D eigenvalue weighted by atomic mass is 9.78. The third kappa shape index (κ3) is 4.97. The van der Waals surface area contributed by atoms with Crippen LogP contribution in [0.1, 0.15) is 65.4 Å². The van der Waals surface area contributed by atoms with Crippen molar-refractivity contribution in [3.8, 4) is 5.75 Å². The Balaban J connectivity index is 2.09. The van der Waals surface area contributed by atoms with Gasteiger partial charge in [-0.1, -0.05) is 13.8 Å². The lowest BCUT2D eigenvalue weighted by molar-refractivity contribution is -0.146. The van der Waals surface area contributed by atoms with Crippen LogP contribution in [0, 0.1) is 12.8 Å². The van der Waals surface area contributed by atoms with Gasteiger partial charge in [0.15, 0.2) is 0 Å². The van der Waals surface area contributed by atoms with Crippen LogP contribution in [-0.2, 0) is 9.53 Å². The second kappa shape index (κ2) is 8.70. The highest BCUT2D eigenvalue weighted by Gasteiger charge is 2.41. The van der Waals surface area contributed by atoms with E-state index in [-0.39, 0.29) is 12.0 Å². The first-order valence-corrected chi connectivity index (χ1v) is 9.63. The Morgan fingerprint density at radius 3 is 2.56 bits per heavy atom. The Bertz CT molecular complexity index is 577. The number of rotatable bonds is 7. The van der Waals surface area contributed by atoms with Crippen LogP contribution >= 0.6 is 0 Å².